The minimum atomic E-state index is -4.91. The number of aliphatic hydroxyl groups is 1. The Morgan fingerprint density at radius 1 is 1.05 bits per heavy atom. The van der Waals surface area contributed by atoms with Crippen molar-refractivity contribution in [2.24, 2.45) is 0 Å². The van der Waals surface area contributed by atoms with Gasteiger partial charge in [0, 0.05) is 5.56 Å². The fraction of sp³-hybridized carbons (Fsp3) is 0.160. The quantitative estimate of drug-likeness (QED) is 0.339. The molecular formula is C25H18F3N7O4. The van der Waals surface area contributed by atoms with E-state index < -0.39 is 29.4 Å². The molecule has 1 amide bonds. The Morgan fingerprint density at radius 3 is 2.36 bits per heavy atom. The van der Waals surface area contributed by atoms with Crippen molar-refractivity contribution in [2.45, 2.75) is 25.4 Å². The highest BCUT2D eigenvalue weighted by molar-refractivity contribution is 6.22. The van der Waals surface area contributed by atoms with Gasteiger partial charge < -0.3 is 15.2 Å². The smallest absolute Gasteiger partial charge is 0.406 e. The summed E-state index contributed by atoms with van der Waals surface area (Å²) >= 11 is 0. The van der Waals surface area contributed by atoms with Crippen molar-refractivity contribution >= 4 is 17.4 Å². The van der Waals surface area contributed by atoms with Crippen LogP contribution in [0.4, 0.5) is 13.2 Å². The van der Waals surface area contributed by atoms with Crippen LogP contribution in [0.5, 0.6) is 5.75 Å². The molecule has 0 saturated heterocycles. The lowest BCUT2D eigenvalue weighted by atomic mass is 9.84. The average molecular weight is 537 g/mol. The molecule has 0 fully saturated rings. The van der Waals surface area contributed by atoms with Gasteiger partial charge in [0.2, 0.25) is 5.60 Å². The number of aryl methyl sites for hydroxylation is 1. The first-order chi connectivity index (χ1) is 18.5. The minimum Gasteiger partial charge on any atom is -0.406 e. The average Bonchev–Trinajstić information content (AvgIpc) is 3.50. The lowest BCUT2D eigenvalue weighted by Crippen LogP contribution is -2.41. The number of amides is 1. The van der Waals surface area contributed by atoms with Crippen molar-refractivity contribution in [3.8, 4) is 5.75 Å². The van der Waals surface area contributed by atoms with Crippen LogP contribution in [0.1, 0.15) is 32.9 Å². The van der Waals surface area contributed by atoms with Gasteiger partial charge in [-0.05, 0) is 59.7 Å². The standard InChI is InChI=1S/C25H18F3N7O4/c1-14-2-11-19(33-32-14)24(38)20(22(36)17-7-9-18(10-8-17)39-25(26,27)28)21(31-23(24)37)16-5-3-15(4-6-16)12-35-30-13-29-34-35/h2-11,13,38H,12H2,1H3,(H,31,37). The number of carbonyl (C=O) groups is 2. The molecule has 5 rings (SSSR count). The zero-order valence-corrected chi connectivity index (χ0v) is 20.0. The number of Topliss-reactive ketones (excluding diaryl/α,β-unsaturated/α-hetero) is 1. The maximum atomic E-state index is 13.8. The number of ketones is 1. The summed E-state index contributed by atoms with van der Waals surface area (Å²) in [5.41, 5.74) is -1.50. The lowest BCUT2D eigenvalue weighted by molar-refractivity contribution is -0.274. The van der Waals surface area contributed by atoms with Gasteiger partial charge in [-0.3, -0.25) is 9.59 Å². The highest BCUT2D eigenvalue weighted by Crippen LogP contribution is 2.40. The molecule has 0 aliphatic carbocycles. The molecule has 198 valence electrons. The molecule has 2 aromatic heterocycles. The lowest BCUT2D eigenvalue weighted by Gasteiger charge is -2.22. The molecule has 1 unspecified atom stereocenters. The van der Waals surface area contributed by atoms with Crippen LogP contribution in [0, 0.1) is 6.92 Å². The number of hydrogen-bond donors (Lipinski definition) is 2. The van der Waals surface area contributed by atoms with Crippen molar-refractivity contribution in [2.75, 3.05) is 0 Å². The van der Waals surface area contributed by atoms with Gasteiger partial charge in [-0.25, -0.2) is 0 Å². The first-order valence-corrected chi connectivity index (χ1v) is 11.3. The van der Waals surface area contributed by atoms with E-state index >= 15 is 0 Å². The normalized spacial score (nSPS) is 17.3. The van der Waals surface area contributed by atoms with Crippen molar-refractivity contribution in [3.05, 3.63) is 101 Å². The summed E-state index contributed by atoms with van der Waals surface area (Å²) in [6.07, 6.45) is -3.62. The zero-order chi connectivity index (χ0) is 27.8. The van der Waals surface area contributed by atoms with Crippen LogP contribution < -0.4 is 10.1 Å². The van der Waals surface area contributed by atoms with Crippen LogP contribution in [0.25, 0.3) is 5.70 Å². The largest absolute Gasteiger partial charge is 0.573 e. The Labute approximate surface area is 217 Å². The van der Waals surface area contributed by atoms with E-state index in [-0.39, 0.29) is 22.5 Å². The van der Waals surface area contributed by atoms with Crippen molar-refractivity contribution in [3.63, 3.8) is 0 Å². The Balaban J connectivity index is 1.58. The predicted molar refractivity (Wildman–Crippen MR) is 127 cm³/mol. The third kappa shape index (κ3) is 5.09. The highest BCUT2D eigenvalue weighted by atomic mass is 19.4. The van der Waals surface area contributed by atoms with E-state index in [1.807, 2.05) is 0 Å². The molecule has 1 atom stereocenters. The number of alkyl halides is 3. The van der Waals surface area contributed by atoms with Crippen LogP contribution in [-0.4, -0.2) is 53.6 Å². The summed E-state index contributed by atoms with van der Waals surface area (Å²) in [5.74, 6) is -2.29. The van der Waals surface area contributed by atoms with Gasteiger partial charge in [-0.2, -0.15) is 15.0 Å². The molecule has 1 aliphatic rings. The summed E-state index contributed by atoms with van der Waals surface area (Å²) in [4.78, 5) is 28.3. The van der Waals surface area contributed by atoms with E-state index in [2.05, 4.69) is 35.7 Å². The van der Waals surface area contributed by atoms with Gasteiger partial charge in [0.15, 0.2) is 12.1 Å². The molecule has 2 aromatic carbocycles. The number of aromatic nitrogens is 6. The van der Waals surface area contributed by atoms with Gasteiger partial charge in [-0.1, -0.05) is 24.3 Å². The maximum Gasteiger partial charge on any atom is 0.573 e. The third-order valence-electron chi connectivity index (χ3n) is 5.88. The molecule has 0 radical (unpaired) electrons. The summed E-state index contributed by atoms with van der Waals surface area (Å²) in [5, 5.41) is 33.5. The minimum absolute atomic E-state index is 0.0101. The van der Waals surface area contributed by atoms with Gasteiger partial charge in [0.05, 0.1) is 23.5 Å². The highest BCUT2D eigenvalue weighted by Gasteiger charge is 2.53. The van der Waals surface area contributed by atoms with Crippen LogP contribution in [0.2, 0.25) is 0 Å². The van der Waals surface area contributed by atoms with E-state index in [0.717, 1.165) is 29.8 Å². The van der Waals surface area contributed by atoms with E-state index in [1.54, 1.807) is 31.2 Å². The number of hydrogen-bond acceptors (Lipinski definition) is 9. The number of nitrogens with one attached hydrogen (secondary N) is 1. The SMILES string of the molecule is Cc1ccc(C2(O)C(=O)NC(c3ccc(Cn4ncnn4)cc3)=C2C(=O)c2ccc(OC(F)(F)F)cc2)nn1. The van der Waals surface area contributed by atoms with Gasteiger partial charge in [-0.15, -0.1) is 23.4 Å². The Hall–Kier alpha value is -4.98. The third-order valence-corrected chi connectivity index (χ3v) is 5.88. The summed E-state index contributed by atoms with van der Waals surface area (Å²) in [6.45, 7) is 1.97. The number of tetrazole rings is 1. The fourth-order valence-corrected chi connectivity index (χ4v) is 4.04. The monoisotopic (exact) mass is 537 g/mol. The molecule has 4 aromatic rings. The van der Waals surface area contributed by atoms with Crippen LogP contribution in [0.15, 0.2) is 72.6 Å². The van der Waals surface area contributed by atoms with E-state index in [9.17, 15) is 27.9 Å². The molecular weight excluding hydrogens is 519 g/mol. The molecule has 11 nitrogen and oxygen atoms in total. The predicted octanol–water partition coefficient (Wildman–Crippen LogP) is 2.33. The zero-order valence-electron chi connectivity index (χ0n) is 20.0. The number of carbonyl (C=O) groups excluding carboxylic acids is 2. The summed E-state index contributed by atoms with van der Waals surface area (Å²) in [7, 11) is 0. The number of ether oxygens (including phenoxy) is 1. The number of benzene rings is 2. The van der Waals surface area contributed by atoms with E-state index in [1.165, 1.54) is 23.3 Å². The second-order valence-corrected chi connectivity index (χ2v) is 8.54. The van der Waals surface area contributed by atoms with E-state index in [4.69, 9.17) is 0 Å². The van der Waals surface area contributed by atoms with Crippen LogP contribution in [0.3, 0.4) is 0 Å². The Morgan fingerprint density at radius 2 is 1.77 bits per heavy atom. The molecule has 0 bridgehead atoms. The van der Waals surface area contributed by atoms with Gasteiger partial charge in [0.1, 0.15) is 11.4 Å². The van der Waals surface area contributed by atoms with E-state index in [0.29, 0.717) is 17.8 Å². The summed E-state index contributed by atoms with van der Waals surface area (Å²) < 4.78 is 41.6. The maximum absolute atomic E-state index is 13.8. The Bertz CT molecular complexity index is 1550. The molecule has 1 aliphatic heterocycles. The number of halogens is 3. The molecule has 2 N–H and O–H groups in total. The second-order valence-electron chi connectivity index (χ2n) is 8.54. The fourth-order valence-electron chi connectivity index (χ4n) is 4.04. The molecule has 39 heavy (non-hydrogen) atoms. The summed E-state index contributed by atoms with van der Waals surface area (Å²) in [6, 6.07) is 13.7. The van der Waals surface area contributed by atoms with Crippen molar-refractivity contribution in [1.82, 2.24) is 35.7 Å². The molecule has 14 heteroatoms. The van der Waals surface area contributed by atoms with Gasteiger partial charge >= 0.3 is 6.36 Å². The Kier molecular flexibility index (Phi) is 6.39. The topological polar surface area (TPSA) is 145 Å². The molecule has 0 saturated carbocycles. The van der Waals surface area contributed by atoms with Crippen LogP contribution in [-0.2, 0) is 16.9 Å². The van der Waals surface area contributed by atoms with Crippen molar-refractivity contribution in [1.29, 1.82) is 0 Å². The molecule has 0 spiro atoms. The first-order valence-electron chi connectivity index (χ1n) is 11.3. The van der Waals surface area contributed by atoms with Gasteiger partial charge in [0.25, 0.3) is 5.91 Å². The van der Waals surface area contributed by atoms with Crippen LogP contribution >= 0.6 is 0 Å². The molecule has 3 heterocycles. The second kappa shape index (κ2) is 9.72. The first kappa shape index (κ1) is 25.7. The number of rotatable bonds is 7. The van der Waals surface area contributed by atoms with Crippen molar-refractivity contribution < 1.29 is 32.6 Å². The number of nitrogens with zero attached hydrogens (tertiary/aromatic N) is 6.